The van der Waals surface area contributed by atoms with Crippen LogP contribution in [0.15, 0.2) is 23.8 Å². The van der Waals surface area contributed by atoms with Gasteiger partial charge in [-0.2, -0.15) is 0 Å². The van der Waals surface area contributed by atoms with Crippen molar-refractivity contribution in [2.24, 2.45) is 5.84 Å². The first-order valence-electron chi connectivity index (χ1n) is 5.12. The Hall–Kier alpha value is -1.50. The lowest BCUT2D eigenvalue weighted by atomic mass is 10.1. The number of methoxy groups -OCH3 is 1. The number of hydrogen-bond acceptors (Lipinski definition) is 6. The van der Waals surface area contributed by atoms with Crippen LogP contribution in [-0.2, 0) is 0 Å². The lowest BCUT2D eigenvalue weighted by Crippen LogP contribution is -2.29. The zero-order chi connectivity index (χ0) is 12.3. The number of hydrogen-bond donors (Lipinski definition) is 2. The maximum atomic E-state index is 5.61. The quantitative estimate of drug-likeness (QED) is 0.634. The van der Waals surface area contributed by atoms with Crippen LogP contribution in [0, 0.1) is 6.92 Å². The fourth-order valence-electron chi connectivity index (χ4n) is 1.65. The molecule has 0 amide bonds. The van der Waals surface area contributed by atoms with Gasteiger partial charge in [0.15, 0.2) is 0 Å². The summed E-state index contributed by atoms with van der Waals surface area (Å²) >= 11 is 1.68. The summed E-state index contributed by atoms with van der Waals surface area (Å²) in [7, 11) is 1.58. The molecule has 0 radical (unpaired) electrons. The van der Waals surface area contributed by atoms with E-state index in [9.17, 15) is 0 Å². The molecule has 17 heavy (non-hydrogen) atoms. The molecule has 5 nitrogen and oxygen atoms in total. The zero-order valence-electron chi connectivity index (χ0n) is 9.68. The van der Waals surface area contributed by atoms with E-state index < -0.39 is 0 Å². The molecule has 2 aromatic heterocycles. The predicted octanol–water partition coefficient (Wildman–Crippen LogP) is 1.41. The van der Waals surface area contributed by atoms with Crippen LogP contribution < -0.4 is 16.0 Å². The number of ether oxygens (including phenoxy) is 1. The Kier molecular flexibility index (Phi) is 3.68. The van der Waals surface area contributed by atoms with Gasteiger partial charge >= 0.3 is 0 Å². The third-order valence-electron chi connectivity index (χ3n) is 2.54. The number of nitrogens with one attached hydrogen (secondary N) is 1. The van der Waals surface area contributed by atoms with Crippen molar-refractivity contribution in [3.8, 4) is 5.88 Å². The summed E-state index contributed by atoms with van der Waals surface area (Å²) in [6.45, 7) is 2.06. The molecule has 0 saturated carbocycles. The van der Waals surface area contributed by atoms with Gasteiger partial charge in [-0.25, -0.2) is 15.4 Å². The average molecular weight is 250 g/mol. The van der Waals surface area contributed by atoms with Crippen LogP contribution in [0.25, 0.3) is 0 Å². The van der Waals surface area contributed by atoms with Gasteiger partial charge in [0.2, 0.25) is 5.88 Å². The Balaban J connectivity index is 2.38. The van der Waals surface area contributed by atoms with Crippen LogP contribution in [0.1, 0.15) is 22.2 Å². The summed E-state index contributed by atoms with van der Waals surface area (Å²) in [5, 5.41) is 2.04. The molecule has 2 rings (SSSR count). The summed E-state index contributed by atoms with van der Waals surface area (Å²) in [6, 6.07) is 3.68. The molecule has 1 unspecified atom stereocenters. The highest BCUT2D eigenvalue weighted by Crippen LogP contribution is 2.27. The van der Waals surface area contributed by atoms with Gasteiger partial charge in [0.05, 0.1) is 18.8 Å². The van der Waals surface area contributed by atoms with Crippen molar-refractivity contribution in [2.45, 2.75) is 13.0 Å². The molecule has 0 aliphatic heterocycles. The smallest absolute Gasteiger partial charge is 0.216 e. The highest BCUT2D eigenvalue weighted by atomic mass is 32.1. The topological polar surface area (TPSA) is 73.1 Å². The summed E-state index contributed by atoms with van der Waals surface area (Å²) in [5.41, 5.74) is 4.69. The van der Waals surface area contributed by atoms with Crippen molar-refractivity contribution in [3.05, 3.63) is 40.0 Å². The van der Waals surface area contributed by atoms with Crippen LogP contribution in [-0.4, -0.2) is 17.1 Å². The monoisotopic (exact) mass is 250 g/mol. The number of nitrogens with zero attached hydrogens (tertiary/aromatic N) is 2. The maximum absolute atomic E-state index is 5.61. The standard InChI is InChI=1S/C11H14N4OS/c1-7-8(3-4-17-7)11(15-12)9-5-10(16-2)14-6-13-9/h3-6,11,15H,12H2,1-2H3. The van der Waals surface area contributed by atoms with Gasteiger partial charge in [0.25, 0.3) is 0 Å². The Labute approximate surface area is 104 Å². The Morgan fingerprint density at radius 2 is 2.29 bits per heavy atom. The molecule has 2 heterocycles. The van der Waals surface area contributed by atoms with Gasteiger partial charge in [-0.3, -0.25) is 5.84 Å². The fraction of sp³-hybridized carbons (Fsp3) is 0.273. The van der Waals surface area contributed by atoms with Crippen molar-refractivity contribution >= 4 is 11.3 Å². The van der Waals surface area contributed by atoms with Crippen molar-refractivity contribution < 1.29 is 4.74 Å². The van der Waals surface area contributed by atoms with E-state index in [1.54, 1.807) is 24.5 Å². The first-order chi connectivity index (χ1) is 8.26. The second-order valence-electron chi connectivity index (χ2n) is 3.52. The summed E-state index contributed by atoms with van der Waals surface area (Å²) in [4.78, 5) is 9.42. The third-order valence-corrected chi connectivity index (χ3v) is 3.41. The minimum Gasteiger partial charge on any atom is -0.481 e. The molecule has 3 N–H and O–H groups in total. The molecular formula is C11H14N4OS. The number of hydrazine groups is 1. The number of nitrogens with two attached hydrogens (primary N) is 1. The number of thiophene rings is 1. The van der Waals surface area contributed by atoms with E-state index in [2.05, 4.69) is 22.3 Å². The second kappa shape index (κ2) is 5.22. The zero-order valence-corrected chi connectivity index (χ0v) is 10.5. The van der Waals surface area contributed by atoms with Gasteiger partial charge < -0.3 is 4.74 Å². The van der Waals surface area contributed by atoms with Crippen molar-refractivity contribution in [1.82, 2.24) is 15.4 Å². The molecule has 0 fully saturated rings. The molecule has 0 aromatic carbocycles. The number of aromatic nitrogens is 2. The van der Waals surface area contributed by atoms with Crippen LogP contribution in [0.5, 0.6) is 5.88 Å². The normalized spacial score (nSPS) is 12.4. The van der Waals surface area contributed by atoms with Gasteiger partial charge in [-0.1, -0.05) is 0 Å². The molecule has 0 bridgehead atoms. The molecule has 0 aliphatic rings. The first-order valence-corrected chi connectivity index (χ1v) is 6.00. The maximum Gasteiger partial charge on any atom is 0.216 e. The Morgan fingerprint density at radius 3 is 2.88 bits per heavy atom. The van der Waals surface area contributed by atoms with E-state index in [0.717, 1.165) is 11.3 Å². The van der Waals surface area contributed by atoms with Gasteiger partial charge in [-0.15, -0.1) is 11.3 Å². The summed E-state index contributed by atoms with van der Waals surface area (Å²) in [5.74, 6) is 6.14. The van der Waals surface area contributed by atoms with Gasteiger partial charge in [0.1, 0.15) is 6.33 Å². The average Bonchev–Trinajstić information content (AvgIpc) is 2.77. The van der Waals surface area contributed by atoms with Crippen molar-refractivity contribution in [3.63, 3.8) is 0 Å². The molecule has 6 heteroatoms. The predicted molar refractivity (Wildman–Crippen MR) is 66.8 cm³/mol. The minimum absolute atomic E-state index is 0.141. The van der Waals surface area contributed by atoms with Crippen molar-refractivity contribution in [1.29, 1.82) is 0 Å². The molecular weight excluding hydrogens is 236 g/mol. The van der Waals surface area contributed by atoms with Gasteiger partial charge in [0, 0.05) is 10.9 Å². The van der Waals surface area contributed by atoms with E-state index in [1.807, 2.05) is 11.4 Å². The highest BCUT2D eigenvalue weighted by molar-refractivity contribution is 7.10. The van der Waals surface area contributed by atoms with Crippen LogP contribution >= 0.6 is 11.3 Å². The number of aryl methyl sites for hydroxylation is 1. The van der Waals surface area contributed by atoms with Crippen LogP contribution in [0.3, 0.4) is 0 Å². The first kappa shape index (κ1) is 12.0. The third kappa shape index (κ3) is 2.44. The molecule has 0 saturated heterocycles. The van der Waals surface area contributed by atoms with Crippen molar-refractivity contribution in [2.75, 3.05) is 7.11 Å². The molecule has 1 atom stereocenters. The lowest BCUT2D eigenvalue weighted by Gasteiger charge is -2.15. The van der Waals surface area contributed by atoms with Crippen LogP contribution in [0.2, 0.25) is 0 Å². The van der Waals surface area contributed by atoms with Gasteiger partial charge in [-0.05, 0) is 23.9 Å². The van der Waals surface area contributed by atoms with E-state index in [1.165, 1.54) is 11.2 Å². The molecule has 2 aromatic rings. The van der Waals surface area contributed by atoms with E-state index in [0.29, 0.717) is 5.88 Å². The van der Waals surface area contributed by atoms with Crippen LogP contribution in [0.4, 0.5) is 0 Å². The van der Waals surface area contributed by atoms with E-state index in [4.69, 9.17) is 10.6 Å². The molecule has 0 aliphatic carbocycles. The highest BCUT2D eigenvalue weighted by Gasteiger charge is 2.17. The largest absolute Gasteiger partial charge is 0.481 e. The van der Waals surface area contributed by atoms with E-state index >= 15 is 0 Å². The van der Waals surface area contributed by atoms with E-state index in [-0.39, 0.29) is 6.04 Å². The summed E-state index contributed by atoms with van der Waals surface area (Å²) < 4.78 is 5.08. The minimum atomic E-state index is -0.141. The SMILES string of the molecule is COc1cc(C(NN)c2ccsc2C)ncn1. The summed E-state index contributed by atoms with van der Waals surface area (Å²) in [6.07, 6.45) is 1.47. The Morgan fingerprint density at radius 1 is 1.47 bits per heavy atom. The molecule has 90 valence electrons. The fourth-order valence-corrected chi connectivity index (χ4v) is 2.39. The second-order valence-corrected chi connectivity index (χ2v) is 4.64. The number of rotatable bonds is 4. The molecule has 0 spiro atoms. The lowest BCUT2D eigenvalue weighted by molar-refractivity contribution is 0.395. The Bertz CT molecular complexity index is 500.